The summed E-state index contributed by atoms with van der Waals surface area (Å²) < 4.78 is 18.7. The van der Waals surface area contributed by atoms with Crippen molar-refractivity contribution >= 4 is 22.7 Å². The molecule has 0 amide bonds. The Balaban J connectivity index is 2.23. The van der Waals surface area contributed by atoms with Gasteiger partial charge >= 0.3 is 0 Å². The number of anilines is 4. The van der Waals surface area contributed by atoms with Crippen LogP contribution >= 0.6 is 0 Å². The Labute approximate surface area is 118 Å². The van der Waals surface area contributed by atoms with Crippen molar-refractivity contribution in [3.8, 4) is 5.75 Å². The van der Waals surface area contributed by atoms with Gasteiger partial charge in [0.1, 0.15) is 11.4 Å². The lowest BCUT2D eigenvalue weighted by Gasteiger charge is -2.14. The first-order valence-corrected chi connectivity index (χ1v) is 6.18. The first-order chi connectivity index (χ1) is 9.51. The molecule has 0 unspecified atom stereocenters. The Kier molecular flexibility index (Phi) is 3.98. The number of nitrogens with zero attached hydrogens (tertiary/aromatic N) is 1. The van der Waals surface area contributed by atoms with Crippen molar-refractivity contribution in [2.45, 2.75) is 0 Å². The summed E-state index contributed by atoms with van der Waals surface area (Å²) >= 11 is 0. The summed E-state index contributed by atoms with van der Waals surface area (Å²) in [5, 5.41) is 3.12. The van der Waals surface area contributed by atoms with Crippen LogP contribution in [0.1, 0.15) is 0 Å². The van der Waals surface area contributed by atoms with Crippen LogP contribution in [0.5, 0.6) is 5.75 Å². The van der Waals surface area contributed by atoms with Crippen molar-refractivity contribution in [1.29, 1.82) is 0 Å². The molecule has 2 aromatic rings. The molecule has 0 saturated carbocycles. The van der Waals surface area contributed by atoms with Crippen LogP contribution in [-0.2, 0) is 0 Å². The van der Waals surface area contributed by atoms with Gasteiger partial charge in [0.05, 0.1) is 7.11 Å². The van der Waals surface area contributed by atoms with Gasteiger partial charge in [-0.15, -0.1) is 0 Å². The molecule has 2 aromatic carbocycles. The van der Waals surface area contributed by atoms with E-state index < -0.39 is 5.82 Å². The predicted octanol–water partition coefficient (Wildman–Crippen LogP) is 3.23. The topological polar surface area (TPSA) is 50.5 Å². The van der Waals surface area contributed by atoms with E-state index in [9.17, 15) is 4.39 Å². The molecular formula is C15H18FN3O. The van der Waals surface area contributed by atoms with Gasteiger partial charge in [-0.05, 0) is 30.3 Å². The molecule has 106 valence electrons. The number of nitrogens with two attached hydrogens (primary N) is 1. The maximum atomic E-state index is 13.6. The van der Waals surface area contributed by atoms with E-state index in [0.29, 0.717) is 11.4 Å². The second kappa shape index (κ2) is 5.69. The van der Waals surface area contributed by atoms with E-state index in [0.717, 1.165) is 11.4 Å². The smallest absolute Gasteiger partial charge is 0.151 e. The molecule has 0 fully saturated rings. The van der Waals surface area contributed by atoms with Crippen molar-refractivity contribution in [1.82, 2.24) is 0 Å². The highest BCUT2D eigenvalue weighted by Gasteiger charge is 2.08. The van der Waals surface area contributed by atoms with Crippen molar-refractivity contribution in [2.75, 3.05) is 37.2 Å². The Morgan fingerprint density at radius 1 is 1.10 bits per heavy atom. The number of rotatable bonds is 4. The van der Waals surface area contributed by atoms with Gasteiger partial charge in [-0.3, -0.25) is 0 Å². The normalized spacial score (nSPS) is 10.2. The van der Waals surface area contributed by atoms with Crippen LogP contribution in [0.25, 0.3) is 0 Å². The monoisotopic (exact) mass is 275 g/mol. The number of nitrogen functional groups attached to an aromatic ring is 1. The van der Waals surface area contributed by atoms with Gasteiger partial charge in [-0.2, -0.15) is 0 Å². The molecule has 0 saturated heterocycles. The molecule has 3 N–H and O–H groups in total. The van der Waals surface area contributed by atoms with Gasteiger partial charge in [0.2, 0.25) is 0 Å². The zero-order chi connectivity index (χ0) is 14.7. The summed E-state index contributed by atoms with van der Waals surface area (Å²) in [5.74, 6) is -0.186. The maximum Gasteiger partial charge on any atom is 0.151 e. The minimum Gasteiger partial charge on any atom is -0.494 e. The average molecular weight is 275 g/mol. The van der Waals surface area contributed by atoms with E-state index in [4.69, 9.17) is 10.5 Å². The first-order valence-electron chi connectivity index (χ1n) is 6.18. The zero-order valence-electron chi connectivity index (χ0n) is 11.8. The number of halogens is 1. The molecule has 5 heteroatoms. The van der Waals surface area contributed by atoms with Crippen molar-refractivity contribution in [2.24, 2.45) is 0 Å². The third kappa shape index (κ3) is 2.93. The number of methoxy groups -OCH3 is 1. The highest BCUT2D eigenvalue weighted by molar-refractivity contribution is 5.68. The largest absolute Gasteiger partial charge is 0.494 e. The van der Waals surface area contributed by atoms with Crippen LogP contribution in [0.4, 0.5) is 27.1 Å². The number of ether oxygens (including phenoxy) is 1. The summed E-state index contributed by atoms with van der Waals surface area (Å²) in [6.45, 7) is 0. The van der Waals surface area contributed by atoms with E-state index in [1.807, 2.05) is 43.3 Å². The van der Waals surface area contributed by atoms with Gasteiger partial charge in [-0.1, -0.05) is 0 Å². The van der Waals surface area contributed by atoms with E-state index >= 15 is 0 Å². The standard InChI is InChI=1S/C15H18FN3O/c1-19(2)12-6-4-10(5-7-12)18-11-8-13(16)15(17)14(9-11)20-3/h4-9,18H,17H2,1-3H3. The van der Waals surface area contributed by atoms with Crippen molar-refractivity contribution in [3.63, 3.8) is 0 Å². The lowest BCUT2D eigenvalue weighted by Crippen LogP contribution is -2.08. The number of hydrogen-bond acceptors (Lipinski definition) is 4. The molecule has 0 aliphatic carbocycles. The third-order valence-corrected chi connectivity index (χ3v) is 2.98. The highest BCUT2D eigenvalue weighted by atomic mass is 19.1. The fourth-order valence-corrected chi connectivity index (χ4v) is 1.84. The SMILES string of the molecule is COc1cc(Nc2ccc(N(C)C)cc2)cc(F)c1N. The fraction of sp³-hybridized carbons (Fsp3) is 0.200. The molecule has 0 radical (unpaired) electrons. The third-order valence-electron chi connectivity index (χ3n) is 2.98. The van der Waals surface area contributed by atoms with Crippen LogP contribution in [0.3, 0.4) is 0 Å². The quantitative estimate of drug-likeness (QED) is 0.841. The first kappa shape index (κ1) is 14.0. The van der Waals surface area contributed by atoms with E-state index in [-0.39, 0.29) is 5.69 Å². The molecule has 0 bridgehead atoms. The van der Waals surface area contributed by atoms with Gasteiger partial charge in [-0.25, -0.2) is 4.39 Å². The van der Waals surface area contributed by atoms with Crippen LogP contribution in [0.15, 0.2) is 36.4 Å². The maximum absolute atomic E-state index is 13.6. The second-order valence-electron chi connectivity index (χ2n) is 4.64. The summed E-state index contributed by atoms with van der Waals surface area (Å²) in [7, 11) is 5.41. The van der Waals surface area contributed by atoms with E-state index in [1.165, 1.54) is 13.2 Å². The Morgan fingerprint density at radius 3 is 2.30 bits per heavy atom. The molecule has 0 heterocycles. The molecule has 4 nitrogen and oxygen atoms in total. The summed E-state index contributed by atoms with van der Waals surface area (Å²) in [4.78, 5) is 2.01. The fourth-order valence-electron chi connectivity index (χ4n) is 1.84. The van der Waals surface area contributed by atoms with Gasteiger partial charge in [0, 0.05) is 37.2 Å². The van der Waals surface area contributed by atoms with E-state index in [2.05, 4.69) is 5.32 Å². The zero-order valence-corrected chi connectivity index (χ0v) is 11.8. The average Bonchev–Trinajstić information content (AvgIpc) is 2.43. The minimum atomic E-state index is -0.503. The molecule has 2 rings (SSSR count). The number of benzene rings is 2. The van der Waals surface area contributed by atoms with Gasteiger partial charge in [0.25, 0.3) is 0 Å². The molecule has 0 aliphatic rings. The van der Waals surface area contributed by atoms with Crippen molar-refractivity contribution in [3.05, 3.63) is 42.2 Å². The lowest BCUT2D eigenvalue weighted by molar-refractivity contribution is 0.414. The molecule has 0 aliphatic heterocycles. The summed E-state index contributed by atoms with van der Waals surface area (Å²) in [6, 6.07) is 10.8. The Hall–Kier alpha value is -2.43. The minimum absolute atomic E-state index is 0.0148. The lowest BCUT2D eigenvalue weighted by atomic mass is 10.2. The van der Waals surface area contributed by atoms with Crippen LogP contribution < -0.4 is 20.7 Å². The van der Waals surface area contributed by atoms with Gasteiger partial charge in [0.15, 0.2) is 5.82 Å². The summed E-state index contributed by atoms with van der Waals surface area (Å²) in [6.07, 6.45) is 0. The molecular weight excluding hydrogens is 257 g/mol. The predicted molar refractivity (Wildman–Crippen MR) is 81.4 cm³/mol. The summed E-state index contributed by atoms with van der Waals surface area (Å²) in [5.41, 5.74) is 8.14. The molecule has 0 aromatic heterocycles. The Bertz CT molecular complexity index is 597. The Morgan fingerprint density at radius 2 is 1.75 bits per heavy atom. The van der Waals surface area contributed by atoms with Crippen LogP contribution in [0.2, 0.25) is 0 Å². The number of hydrogen-bond donors (Lipinski definition) is 2. The second-order valence-corrected chi connectivity index (χ2v) is 4.64. The van der Waals surface area contributed by atoms with Crippen LogP contribution in [0, 0.1) is 5.82 Å². The van der Waals surface area contributed by atoms with Gasteiger partial charge < -0.3 is 20.7 Å². The molecule has 0 atom stereocenters. The molecule has 0 spiro atoms. The van der Waals surface area contributed by atoms with E-state index in [1.54, 1.807) is 6.07 Å². The van der Waals surface area contributed by atoms with Crippen LogP contribution in [-0.4, -0.2) is 21.2 Å². The number of nitrogens with one attached hydrogen (secondary N) is 1. The van der Waals surface area contributed by atoms with Crippen molar-refractivity contribution < 1.29 is 9.13 Å². The molecule has 20 heavy (non-hydrogen) atoms. The highest BCUT2D eigenvalue weighted by Crippen LogP contribution is 2.30.